The van der Waals surface area contributed by atoms with E-state index in [1.807, 2.05) is 68.6 Å². The Hall–Kier alpha value is -3.81. The Morgan fingerprint density at radius 2 is 1.83 bits per heavy atom. The number of aromatic nitrogens is 4. The molecule has 35 heavy (non-hydrogen) atoms. The summed E-state index contributed by atoms with van der Waals surface area (Å²) < 4.78 is 7.01. The summed E-state index contributed by atoms with van der Waals surface area (Å²) in [6, 6.07) is 10.9. The molecule has 8 nitrogen and oxygen atoms in total. The largest absolute Gasteiger partial charge is 0.464 e. The van der Waals surface area contributed by atoms with Crippen LogP contribution < -0.4 is 5.32 Å². The maximum absolute atomic E-state index is 12.9. The molecule has 0 radical (unpaired) electrons. The molecule has 0 aliphatic rings. The van der Waals surface area contributed by atoms with E-state index < -0.39 is 12.0 Å². The van der Waals surface area contributed by atoms with Crippen molar-refractivity contribution in [2.45, 2.75) is 59.9 Å². The molecule has 0 aliphatic carbocycles. The van der Waals surface area contributed by atoms with E-state index >= 15 is 0 Å². The summed E-state index contributed by atoms with van der Waals surface area (Å²) in [4.78, 5) is 34.7. The van der Waals surface area contributed by atoms with Gasteiger partial charge in [-0.3, -0.25) is 4.79 Å². The maximum atomic E-state index is 12.9. The number of pyridine rings is 1. The second kappa shape index (κ2) is 10.2. The molecule has 0 unspecified atom stereocenters. The number of fused-ring (bicyclic) bond motifs is 3. The number of nitrogens with zero attached hydrogens (tertiary/aromatic N) is 4. The third kappa shape index (κ3) is 5.16. The molecule has 1 aromatic carbocycles. The van der Waals surface area contributed by atoms with Crippen LogP contribution in [0.3, 0.4) is 0 Å². The lowest BCUT2D eigenvalue weighted by Crippen LogP contribution is -2.43. The van der Waals surface area contributed by atoms with Gasteiger partial charge in [-0.1, -0.05) is 30.3 Å². The summed E-state index contributed by atoms with van der Waals surface area (Å²) in [5, 5.41) is 8.50. The highest BCUT2D eigenvalue weighted by molar-refractivity contribution is 5.93. The number of esters is 1. The Morgan fingerprint density at radius 3 is 2.54 bits per heavy atom. The number of hydrogen-bond donors (Lipinski definition) is 1. The number of aryl methyl sites for hydroxylation is 4. The predicted octanol–water partition coefficient (Wildman–Crippen LogP) is 3.73. The van der Waals surface area contributed by atoms with Crippen LogP contribution in [-0.2, 0) is 27.2 Å². The van der Waals surface area contributed by atoms with Crippen molar-refractivity contribution >= 4 is 28.6 Å². The van der Waals surface area contributed by atoms with Crippen LogP contribution in [0.25, 0.3) is 16.7 Å². The molecule has 3 aromatic heterocycles. The average molecular weight is 474 g/mol. The summed E-state index contributed by atoms with van der Waals surface area (Å²) in [7, 11) is 0. The van der Waals surface area contributed by atoms with E-state index in [0.29, 0.717) is 18.5 Å². The monoisotopic (exact) mass is 473 g/mol. The Kier molecular flexibility index (Phi) is 7.10. The van der Waals surface area contributed by atoms with Gasteiger partial charge in [-0.15, -0.1) is 5.10 Å². The first-order chi connectivity index (χ1) is 16.8. The number of nitrogens with one attached hydrogen (secondary N) is 1. The number of benzene rings is 1. The van der Waals surface area contributed by atoms with Gasteiger partial charge in [0.05, 0.1) is 12.0 Å². The molecule has 4 rings (SSSR count). The van der Waals surface area contributed by atoms with Gasteiger partial charge in [-0.2, -0.15) is 0 Å². The van der Waals surface area contributed by atoms with E-state index in [1.54, 1.807) is 6.92 Å². The summed E-state index contributed by atoms with van der Waals surface area (Å²) in [6.07, 6.45) is 1.08. The standard InChI is InChI=1S/C27H31N5O3/c1-6-35-27(34)22(15-20-10-8-7-9-11-20)30-23(33)13-12-21-18(4)29-26-24-16(2)14-17(3)28-25(24)31-32(26)19(21)5/h7-11,14,22H,6,12-13,15H2,1-5H3,(H,30,33)/t22-/m0/s1. The van der Waals surface area contributed by atoms with Gasteiger partial charge in [0.1, 0.15) is 6.04 Å². The lowest BCUT2D eigenvalue weighted by molar-refractivity contribution is -0.147. The van der Waals surface area contributed by atoms with Gasteiger partial charge < -0.3 is 10.1 Å². The number of carbonyl (C=O) groups is 2. The molecule has 1 atom stereocenters. The first kappa shape index (κ1) is 24.3. The number of hydrogen-bond acceptors (Lipinski definition) is 6. The smallest absolute Gasteiger partial charge is 0.328 e. The molecule has 8 heteroatoms. The van der Waals surface area contributed by atoms with Gasteiger partial charge in [0.25, 0.3) is 0 Å². The van der Waals surface area contributed by atoms with Gasteiger partial charge >= 0.3 is 5.97 Å². The molecule has 0 spiro atoms. The second-order valence-electron chi connectivity index (χ2n) is 8.84. The van der Waals surface area contributed by atoms with Crippen molar-refractivity contribution in [3.05, 3.63) is 70.2 Å². The molecule has 3 heterocycles. The fourth-order valence-electron chi connectivity index (χ4n) is 4.52. The molecule has 0 aliphatic heterocycles. The van der Waals surface area contributed by atoms with E-state index in [9.17, 15) is 9.59 Å². The van der Waals surface area contributed by atoms with E-state index in [-0.39, 0.29) is 18.9 Å². The van der Waals surface area contributed by atoms with Crippen molar-refractivity contribution in [1.29, 1.82) is 0 Å². The molecule has 0 bridgehead atoms. The summed E-state index contributed by atoms with van der Waals surface area (Å²) in [5.74, 6) is -0.641. The third-order valence-corrected chi connectivity index (χ3v) is 6.20. The molecule has 182 valence electrons. The van der Waals surface area contributed by atoms with Crippen molar-refractivity contribution < 1.29 is 14.3 Å². The summed E-state index contributed by atoms with van der Waals surface area (Å²) in [5.41, 5.74) is 7.16. The van der Waals surface area contributed by atoms with Gasteiger partial charge in [0, 0.05) is 29.9 Å². The van der Waals surface area contributed by atoms with Crippen LogP contribution in [0.4, 0.5) is 0 Å². The van der Waals surface area contributed by atoms with Crippen molar-refractivity contribution in [2.75, 3.05) is 6.61 Å². The lowest BCUT2D eigenvalue weighted by atomic mass is 10.0. The van der Waals surface area contributed by atoms with Gasteiger partial charge in [0.15, 0.2) is 11.3 Å². The zero-order valence-corrected chi connectivity index (χ0v) is 20.9. The lowest BCUT2D eigenvalue weighted by Gasteiger charge is -2.18. The minimum Gasteiger partial charge on any atom is -0.464 e. The second-order valence-corrected chi connectivity index (χ2v) is 8.84. The van der Waals surface area contributed by atoms with Crippen molar-refractivity contribution in [3.8, 4) is 0 Å². The zero-order valence-electron chi connectivity index (χ0n) is 20.9. The first-order valence-corrected chi connectivity index (χ1v) is 11.9. The van der Waals surface area contributed by atoms with Crippen LogP contribution in [0.1, 0.15) is 47.1 Å². The highest BCUT2D eigenvalue weighted by Crippen LogP contribution is 2.25. The van der Waals surface area contributed by atoms with Crippen LogP contribution in [0.5, 0.6) is 0 Å². The van der Waals surface area contributed by atoms with E-state index in [2.05, 4.69) is 15.4 Å². The van der Waals surface area contributed by atoms with Crippen molar-refractivity contribution in [1.82, 2.24) is 24.9 Å². The van der Waals surface area contributed by atoms with Crippen LogP contribution in [0.15, 0.2) is 36.4 Å². The van der Waals surface area contributed by atoms with E-state index in [4.69, 9.17) is 9.72 Å². The molecule has 0 saturated heterocycles. The Bertz CT molecular complexity index is 1390. The van der Waals surface area contributed by atoms with Crippen molar-refractivity contribution in [2.24, 2.45) is 0 Å². The molecule has 0 saturated carbocycles. The zero-order chi connectivity index (χ0) is 25.1. The van der Waals surface area contributed by atoms with Crippen LogP contribution in [0.2, 0.25) is 0 Å². The minimum atomic E-state index is -0.735. The van der Waals surface area contributed by atoms with Crippen LogP contribution in [0, 0.1) is 27.7 Å². The molecule has 0 fully saturated rings. The fraction of sp³-hybridized carbons (Fsp3) is 0.370. The number of rotatable bonds is 8. The highest BCUT2D eigenvalue weighted by atomic mass is 16.5. The molecular weight excluding hydrogens is 442 g/mol. The maximum Gasteiger partial charge on any atom is 0.328 e. The number of carbonyl (C=O) groups excluding carboxylic acids is 2. The summed E-state index contributed by atoms with van der Waals surface area (Å²) >= 11 is 0. The van der Waals surface area contributed by atoms with Crippen LogP contribution in [-0.4, -0.2) is 44.1 Å². The molecule has 4 aromatic rings. The van der Waals surface area contributed by atoms with E-state index in [1.165, 1.54) is 0 Å². The average Bonchev–Trinajstić information content (AvgIpc) is 3.18. The normalized spacial score (nSPS) is 12.1. The predicted molar refractivity (Wildman–Crippen MR) is 134 cm³/mol. The molecular formula is C27H31N5O3. The van der Waals surface area contributed by atoms with Gasteiger partial charge in [0.2, 0.25) is 5.91 Å². The number of amides is 1. The quantitative estimate of drug-likeness (QED) is 0.392. The first-order valence-electron chi connectivity index (χ1n) is 11.9. The fourth-order valence-corrected chi connectivity index (χ4v) is 4.52. The Balaban J connectivity index is 1.53. The van der Waals surface area contributed by atoms with Crippen molar-refractivity contribution in [3.63, 3.8) is 0 Å². The molecule has 1 amide bonds. The SMILES string of the molecule is CCOC(=O)[C@H](Cc1ccccc1)NC(=O)CCc1c(C)nc2c3c(C)cc(C)nc3nn2c1C. The highest BCUT2D eigenvalue weighted by Gasteiger charge is 2.23. The third-order valence-electron chi connectivity index (χ3n) is 6.20. The van der Waals surface area contributed by atoms with Crippen LogP contribution >= 0.6 is 0 Å². The Labute approximate surface area is 204 Å². The topological polar surface area (TPSA) is 98.5 Å². The Morgan fingerprint density at radius 1 is 1.09 bits per heavy atom. The minimum absolute atomic E-state index is 0.211. The van der Waals surface area contributed by atoms with Gasteiger partial charge in [-0.05, 0) is 63.8 Å². The van der Waals surface area contributed by atoms with E-state index in [0.717, 1.165) is 44.8 Å². The van der Waals surface area contributed by atoms with Gasteiger partial charge in [-0.25, -0.2) is 19.3 Å². The number of ether oxygens (including phenoxy) is 1. The molecule has 1 N–H and O–H groups in total. The summed E-state index contributed by atoms with van der Waals surface area (Å²) in [6.45, 7) is 9.94.